The van der Waals surface area contributed by atoms with E-state index >= 15 is 0 Å². The molecule has 0 saturated heterocycles. The number of furan rings is 1. The van der Waals surface area contributed by atoms with Crippen LogP contribution >= 0.6 is 12.4 Å². The van der Waals surface area contributed by atoms with E-state index in [1.807, 2.05) is 30.6 Å². The molecule has 3 heterocycles. The van der Waals surface area contributed by atoms with E-state index in [4.69, 9.17) is 14.6 Å². The molecule has 20 heavy (non-hydrogen) atoms. The van der Waals surface area contributed by atoms with Gasteiger partial charge in [-0.3, -0.25) is 10.4 Å². The van der Waals surface area contributed by atoms with E-state index < -0.39 is 0 Å². The predicted octanol–water partition coefficient (Wildman–Crippen LogP) is 3.07. The van der Waals surface area contributed by atoms with Crippen molar-refractivity contribution < 1.29 is 9.15 Å². The third-order valence-electron chi connectivity index (χ3n) is 3.02. The molecule has 3 aromatic rings. The highest BCUT2D eigenvalue weighted by molar-refractivity contribution is 5.91. The van der Waals surface area contributed by atoms with Gasteiger partial charge in [-0.05, 0) is 18.2 Å². The lowest BCUT2D eigenvalue weighted by atomic mass is 10.3. The monoisotopic (exact) mass is 291 g/mol. The van der Waals surface area contributed by atoms with Gasteiger partial charge in [0.1, 0.15) is 12.0 Å². The van der Waals surface area contributed by atoms with Crippen molar-refractivity contribution in [3.05, 3.63) is 54.4 Å². The second kappa shape index (κ2) is 5.79. The third kappa shape index (κ3) is 2.53. The molecule has 3 rings (SSSR count). The number of fused-ring (bicyclic) bond motifs is 1. The van der Waals surface area contributed by atoms with Gasteiger partial charge in [0.25, 0.3) is 0 Å². The smallest absolute Gasteiger partial charge is 0.216 e. The molecule has 1 N–H and O–H groups in total. The lowest BCUT2D eigenvalue weighted by molar-refractivity contribution is 0.400. The number of nitrogens with one attached hydrogen (secondary N) is 1. The summed E-state index contributed by atoms with van der Waals surface area (Å²) in [6.45, 7) is 0.616. The molecule has 6 heteroatoms. The number of halogens is 1. The van der Waals surface area contributed by atoms with Crippen LogP contribution in [0.1, 0.15) is 11.3 Å². The Hall–Kier alpha value is -2.27. The molecule has 0 unspecified atom stereocenters. The zero-order valence-corrected chi connectivity index (χ0v) is 11.7. The van der Waals surface area contributed by atoms with E-state index in [0.717, 1.165) is 16.7 Å². The summed E-state index contributed by atoms with van der Waals surface area (Å²) >= 11 is 0. The first kappa shape index (κ1) is 14.1. The van der Waals surface area contributed by atoms with Crippen molar-refractivity contribution in [2.45, 2.75) is 6.54 Å². The summed E-state index contributed by atoms with van der Waals surface area (Å²) in [7, 11) is 1.47. The summed E-state index contributed by atoms with van der Waals surface area (Å²) in [5.41, 5.74) is 1.75. The highest BCUT2D eigenvalue weighted by Crippen LogP contribution is 2.17. The molecule has 0 aliphatic rings. The Balaban J connectivity index is 0.00000147. The Morgan fingerprint density at radius 3 is 3.10 bits per heavy atom. The molecule has 0 radical (unpaired) electrons. The third-order valence-corrected chi connectivity index (χ3v) is 3.02. The van der Waals surface area contributed by atoms with E-state index in [1.54, 1.807) is 6.20 Å². The maximum Gasteiger partial charge on any atom is 0.216 e. The van der Waals surface area contributed by atoms with Crippen LogP contribution in [0.2, 0.25) is 0 Å². The Kier molecular flexibility index (Phi) is 4.10. The Morgan fingerprint density at radius 2 is 2.30 bits per heavy atom. The fourth-order valence-corrected chi connectivity index (χ4v) is 2.05. The van der Waals surface area contributed by atoms with Crippen LogP contribution in [-0.4, -0.2) is 22.6 Å². The maximum absolute atomic E-state index is 7.58. The van der Waals surface area contributed by atoms with E-state index in [9.17, 15) is 0 Å². The van der Waals surface area contributed by atoms with Gasteiger partial charge in [0.15, 0.2) is 0 Å². The van der Waals surface area contributed by atoms with Crippen molar-refractivity contribution >= 4 is 29.2 Å². The fraction of sp³-hybridized carbons (Fsp3) is 0.143. The standard InChI is InChI=1S/C14H13N3O2.ClH/c1-18-14(15)11-6-12(19-9-11)8-17-5-3-10-7-16-4-2-13(10)17;/h2-7,9,15H,8H2,1H3;1H. The van der Waals surface area contributed by atoms with Gasteiger partial charge in [0, 0.05) is 24.0 Å². The number of aromatic nitrogens is 2. The zero-order valence-electron chi connectivity index (χ0n) is 10.9. The minimum atomic E-state index is 0. The topological polar surface area (TPSA) is 64.0 Å². The summed E-state index contributed by atoms with van der Waals surface area (Å²) in [5, 5.41) is 8.67. The Morgan fingerprint density at radius 1 is 1.45 bits per heavy atom. The number of methoxy groups -OCH3 is 1. The van der Waals surface area contributed by atoms with Crippen LogP contribution < -0.4 is 0 Å². The molecule has 0 saturated carbocycles. The molecule has 0 fully saturated rings. The largest absolute Gasteiger partial charge is 0.481 e. The van der Waals surface area contributed by atoms with E-state index in [2.05, 4.69) is 9.55 Å². The van der Waals surface area contributed by atoms with Crippen LogP contribution in [0.3, 0.4) is 0 Å². The Labute approximate surface area is 122 Å². The van der Waals surface area contributed by atoms with Crippen molar-refractivity contribution in [3.8, 4) is 0 Å². The SMILES string of the molecule is COC(=N)c1coc(Cn2ccc3cnccc32)c1.Cl. The normalized spacial score (nSPS) is 10.2. The summed E-state index contributed by atoms with van der Waals surface area (Å²) in [6, 6.07) is 5.80. The van der Waals surface area contributed by atoms with Gasteiger partial charge in [0.2, 0.25) is 5.90 Å². The Bertz CT molecular complexity index is 733. The summed E-state index contributed by atoms with van der Waals surface area (Å²) < 4.78 is 12.4. The molecule has 5 nitrogen and oxygen atoms in total. The van der Waals surface area contributed by atoms with E-state index in [0.29, 0.717) is 12.1 Å². The fourth-order valence-electron chi connectivity index (χ4n) is 2.05. The minimum Gasteiger partial charge on any atom is -0.481 e. The summed E-state index contributed by atoms with van der Waals surface area (Å²) in [5.74, 6) is 0.891. The molecule has 3 aromatic heterocycles. The molecule has 0 aliphatic heterocycles. The first-order valence-corrected chi connectivity index (χ1v) is 5.87. The van der Waals surface area contributed by atoms with Gasteiger partial charge in [0.05, 0.1) is 24.7 Å². The van der Waals surface area contributed by atoms with Crippen molar-refractivity contribution in [1.82, 2.24) is 9.55 Å². The lowest BCUT2D eigenvalue weighted by Crippen LogP contribution is -1.99. The number of pyridine rings is 1. The zero-order chi connectivity index (χ0) is 13.2. The van der Waals surface area contributed by atoms with Gasteiger partial charge < -0.3 is 13.7 Å². The number of ether oxygens (including phenoxy) is 1. The molecule has 0 bridgehead atoms. The molecular weight excluding hydrogens is 278 g/mol. The van der Waals surface area contributed by atoms with Gasteiger partial charge in [-0.25, -0.2) is 0 Å². The quantitative estimate of drug-likeness (QED) is 0.596. The molecule has 104 valence electrons. The van der Waals surface area contributed by atoms with Crippen LogP contribution in [0.15, 0.2) is 47.5 Å². The highest BCUT2D eigenvalue weighted by atomic mass is 35.5. The molecule has 0 atom stereocenters. The molecule has 0 aromatic carbocycles. The number of hydrogen-bond acceptors (Lipinski definition) is 4. The van der Waals surface area contributed by atoms with E-state index in [1.165, 1.54) is 13.4 Å². The van der Waals surface area contributed by atoms with Gasteiger partial charge >= 0.3 is 0 Å². The van der Waals surface area contributed by atoms with E-state index in [-0.39, 0.29) is 18.3 Å². The van der Waals surface area contributed by atoms with Gasteiger partial charge in [-0.15, -0.1) is 12.4 Å². The average Bonchev–Trinajstić information content (AvgIpc) is 3.06. The first-order valence-electron chi connectivity index (χ1n) is 5.87. The van der Waals surface area contributed by atoms with Crippen LogP contribution in [0.4, 0.5) is 0 Å². The van der Waals surface area contributed by atoms with Crippen molar-refractivity contribution in [2.24, 2.45) is 0 Å². The minimum absolute atomic E-state index is 0. The number of rotatable bonds is 3. The van der Waals surface area contributed by atoms with Crippen LogP contribution in [0.25, 0.3) is 10.9 Å². The van der Waals surface area contributed by atoms with Gasteiger partial charge in [-0.1, -0.05) is 0 Å². The first-order chi connectivity index (χ1) is 9.28. The summed E-state index contributed by atoms with van der Waals surface area (Å²) in [6.07, 6.45) is 7.14. The van der Waals surface area contributed by atoms with Crippen molar-refractivity contribution in [2.75, 3.05) is 7.11 Å². The second-order valence-corrected chi connectivity index (χ2v) is 4.21. The van der Waals surface area contributed by atoms with Crippen LogP contribution in [-0.2, 0) is 11.3 Å². The molecule has 0 aliphatic carbocycles. The maximum atomic E-state index is 7.58. The molecule has 0 spiro atoms. The summed E-state index contributed by atoms with van der Waals surface area (Å²) in [4.78, 5) is 4.09. The predicted molar refractivity (Wildman–Crippen MR) is 78.6 cm³/mol. The average molecular weight is 292 g/mol. The molecule has 0 amide bonds. The number of hydrogen-bond donors (Lipinski definition) is 1. The van der Waals surface area contributed by atoms with Crippen molar-refractivity contribution in [3.63, 3.8) is 0 Å². The van der Waals surface area contributed by atoms with Gasteiger partial charge in [-0.2, -0.15) is 0 Å². The highest BCUT2D eigenvalue weighted by Gasteiger charge is 2.08. The van der Waals surface area contributed by atoms with Crippen LogP contribution in [0, 0.1) is 5.41 Å². The number of nitrogens with zero attached hydrogens (tertiary/aromatic N) is 2. The van der Waals surface area contributed by atoms with Crippen LogP contribution in [0.5, 0.6) is 0 Å². The molecular formula is C14H14ClN3O2. The lowest BCUT2D eigenvalue weighted by Gasteiger charge is -2.02. The second-order valence-electron chi connectivity index (χ2n) is 4.21. The van der Waals surface area contributed by atoms with Crippen molar-refractivity contribution in [1.29, 1.82) is 5.41 Å².